The van der Waals surface area contributed by atoms with Crippen LogP contribution in [-0.2, 0) is 0 Å². The highest BCUT2D eigenvalue weighted by atomic mass is 15.2. The fourth-order valence-corrected chi connectivity index (χ4v) is 4.97. The van der Waals surface area contributed by atoms with Gasteiger partial charge in [-0.2, -0.15) is 0 Å². The van der Waals surface area contributed by atoms with Gasteiger partial charge in [-0.25, -0.2) is 0 Å². The van der Waals surface area contributed by atoms with Gasteiger partial charge in [0.25, 0.3) is 0 Å². The number of rotatable bonds is 2. The lowest BCUT2D eigenvalue weighted by molar-refractivity contribution is 0.0976. The van der Waals surface area contributed by atoms with Gasteiger partial charge in [0.05, 0.1) is 0 Å². The first-order valence-electron chi connectivity index (χ1n) is 9.32. The quantitative estimate of drug-likeness (QED) is 0.826. The van der Waals surface area contributed by atoms with Gasteiger partial charge in [-0.15, -0.1) is 0 Å². The molecule has 1 heterocycles. The smallest absolute Gasteiger partial charge is 0.0223 e. The van der Waals surface area contributed by atoms with Gasteiger partial charge in [-0.1, -0.05) is 39.0 Å². The first kappa shape index (κ1) is 14.8. The molecule has 0 aromatic rings. The molecule has 2 saturated carbocycles. The maximum absolute atomic E-state index is 3.89. The Kier molecular flexibility index (Phi) is 5.39. The van der Waals surface area contributed by atoms with Crippen molar-refractivity contribution in [1.29, 1.82) is 0 Å². The van der Waals surface area contributed by atoms with Crippen molar-refractivity contribution in [3.63, 3.8) is 0 Å². The molecule has 2 nitrogen and oxygen atoms in total. The predicted molar refractivity (Wildman–Crippen MR) is 86.0 cm³/mol. The van der Waals surface area contributed by atoms with Gasteiger partial charge in [-0.3, -0.25) is 4.90 Å². The van der Waals surface area contributed by atoms with Crippen molar-refractivity contribution in [1.82, 2.24) is 10.2 Å². The molecule has 1 N–H and O–H groups in total. The molecule has 0 bridgehead atoms. The average molecular weight is 278 g/mol. The van der Waals surface area contributed by atoms with Crippen LogP contribution in [0, 0.1) is 11.8 Å². The van der Waals surface area contributed by atoms with E-state index in [1.54, 1.807) is 0 Å². The molecule has 0 aromatic carbocycles. The summed E-state index contributed by atoms with van der Waals surface area (Å²) >= 11 is 0. The van der Waals surface area contributed by atoms with Gasteiger partial charge in [0.15, 0.2) is 0 Å². The number of nitrogens with zero attached hydrogens (tertiary/aromatic N) is 1. The maximum Gasteiger partial charge on any atom is 0.0223 e. The largest absolute Gasteiger partial charge is 0.312 e. The van der Waals surface area contributed by atoms with Crippen LogP contribution >= 0.6 is 0 Å². The van der Waals surface area contributed by atoms with Gasteiger partial charge in [-0.05, 0) is 57.0 Å². The van der Waals surface area contributed by atoms with Crippen LogP contribution in [0.4, 0.5) is 0 Å². The third-order valence-corrected chi connectivity index (χ3v) is 6.21. The zero-order valence-electron chi connectivity index (χ0n) is 13.4. The molecular weight excluding hydrogens is 244 g/mol. The van der Waals surface area contributed by atoms with E-state index in [1.807, 2.05) is 0 Å². The van der Waals surface area contributed by atoms with Crippen molar-refractivity contribution >= 4 is 0 Å². The van der Waals surface area contributed by atoms with E-state index >= 15 is 0 Å². The summed E-state index contributed by atoms with van der Waals surface area (Å²) in [4.78, 5) is 2.88. The Hall–Kier alpha value is -0.0800. The highest BCUT2D eigenvalue weighted by Gasteiger charge is 2.32. The minimum atomic E-state index is 0.784. The van der Waals surface area contributed by atoms with Gasteiger partial charge in [0.1, 0.15) is 0 Å². The molecule has 1 aliphatic heterocycles. The van der Waals surface area contributed by atoms with Crippen LogP contribution in [0.5, 0.6) is 0 Å². The highest BCUT2D eigenvalue weighted by molar-refractivity contribution is 4.89. The third-order valence-electron chi connectivity index (χ3n) is 6.21. The van der Waals surface area contributed by atoms with Crippen molar-refractivity contribution in [2.24, 2.45) is 11.8 Å². The Morgan fingerprint density at radius 2 is 1.60 bits per heavy atom. The molecule has 3 atom stereocenters. The summed E-state index contributed by atoms with van der Waals surface area (Å²) in [5.41, 5.74) is 0. The normalized spacial score (nSPS) is 38.5. The van der Waals surface area contributed by atoms with Gasteiger partial charge in [0.2, 0.25) is 0 Å². The van der Waals surface area contributed by atoms with Crippen molar-refractivity contribution in [3.8, 4) is 0 Å². The molecule has 3 aliphatic rings. The summed E-state index contributed by atoms with van der Waals surface area (Å²) in [6, 6.07) is 1.67. The second-order valence-corrected chi connectivity index (χ2v) is 7.64. The molecular formula is C18H34N2. The topological polar surface area (TPSA) is 15.3 Å². The van der Waals surface area contributed by atoms with E-state index in [0.717, 1.165) is 23.9 Å². The molecule has 2 aliphatic carbocycles. The minimum absolute atomic E-state index is 0.784. The van der Waals surface area contributed by atoms with Crippen LogP contribution in [0.15, 0.2) is 0 Å². The van der Waals surface area contributed by atoms with E-state index in [-0.39, 0.29) is 0 Å². The van der Waals surface area contributed by atoms with E-state index < -0.39 is 0 Å². The van der Waals surface area contributed by atoms with E-state index in [9.17, 15) is 0 Å². The SMILES string of the molecule is CC1CCCCC1N1CCCNC(C2CCCCC2)C1. The summed E-state index contributed by atoms with van der Waals surface area (Å²) < 4.78 is 0. The van der Waals surface area contributed by atoms with E-state index in [4.69, 9.17) is 0 Å². The fraction of sp³-hybridized carbons (Fsp3) is 1.00. The minimum Gasteiger partial charge on any atom is -0.312 e. The fourth-order valence-electron chi connectivity index (χ4n) is 4.97. The summed E-state index contributed by atoms with van der Waals surface area (Å²) in [5.74, 6) is 1.89. The summed E-state index contributed by atoms with van der Waals surface area (Å²) in [6.07, 6.45) is 14.6. The molecule has 0 spiro atoms. The average Bonchev–Trinajstić information content (AvgIpc) is 2.75. The lowest BCUT2D eigenvalue weighted by Gasteiger charge is -2.40. The van der Waals surface area contributed by atoms with E-state index in [2.05, 4.69) is 17.1 Å². The number of hydrogen-bond acceptors (Lipinski definition) is 2. The monoisotopic (exact) mass is 278 g/mol. The van der Waals surface area contributed by atoms with Crippen LogP contribution in [0.3, 0.4) is 0 Å². The molecule has 3 rings (SSSR count). The molecule has 0 radical (unpaired) electrons. The standard InChI is InChI=1S/C18H34N2/c1-15-8-5-6-11-18(15)20-13-7-12-19-17(14-20)16-9-3-2-4-10-16/h15-19H,2-14H2,1H3. The van der Waals surface area contributed by atoms with Crippen molar-refractivity contribution < 1.29 is 0 Å². The maximum atomic E-state index is 3.89. The lowest BCUT2D eigenvalue weighted by atomic mass is 9.82. The molecule has 3 unspecified atom stereocenters. The van der Waals surface area contributed by atoms with Crippen LogP contribution in [0.2, 0.25) is 0 Å². The molecule has 20 heavy (non-hydrogen) atoms. The first-order chi connectivity index (χ1) is 9.84. The van der Waals surface area contributed by atoms with Crippen LogP contribution in [-0.4, -0.2) is 36.6 Å². The number of nitrogens with one attached hydrogen (secondary N) is 1. The second-order valence-electron chi connectivity index (χ2n) is 7.64. The van der Waals surface area contributed by atoms with Crippen LogP contribution in [0.1, 0.15) is 71.1 Å². The van der Waals surface area contributed by atoms with Gasteiger partial charge in [0, 0.05) is 18.6 Å². The highest BCUT2D eigenvalue weighted by Crippen LogP contribution is 2.31. The van der Waals surface area contributed by atoms with Crippen LogP contribution in [0.25, 0.3) is 0 Å². The zero-order chi connectivity index (χ0) is 13.8. The first-order valence-corrected chi connectivity index (χ1v) is 9.32. The molecule has 2 heteroatoms. The summed E-state index contributed by atoms with van der Waals surface area (Å²) in [7, 11) is 0. The Balaban J connectivity index is 1.61. The Bertz CT molecular complexity index is 285. The van der Waals surface area contributed by atoms with Crippen molar-refractivity contribution in [2.75, 3.05) is 19.6 Å². The summed E-state index contributed by atoms with van der Waals surface area (Å²) in [5, 5.41) is 3.89. The van der Waals surface area contributed by atoms with Crippen molar-refractivity contribution in [3.05, 3.63) is 0 Å². The Morgan fingerprint density at radius 1 is 0.850 bits per heavy atom. The molecule has 1 saturated heterocycles. The Labute approximate surface area is 125 Å². The molecule has 116 valence electrons. The Morgan fingerprint density at radius 3 is 2.40 bits per heavy atom. The number of hydrogen-bond donors (Lipinski definition) is 1. The van der Waals surface area contributed by atoms with E-state index in [0.29, 0.717) is 0 Å². The summed E-state index contributed by atoms with van der Waals surface area (Å²) in [6.45, 7) is 6.42. The van der Waals surface area contributed by atoms with Gasteiger partial charge >= 0.3 is 0 Å². The van der Waals surface area contributed by atoms with Gasteiger partial charge < -0.3 is 5.32 Å². The second kappa shape index (κ2) is 7.26. The van der Waals surface area contributed by atoms with Crippen LogP contribution < -0.4 is 5.32 Å². The molecule has 0 amide bonds. The zero-order valence-corrected chi connectivity index (χ0v) is 13.4. The molecule has 3 fully saturated rings. The van der Waals surface area contributed by atoms with Crippen molar-refractivity contribution in [2.45, 2.75) is 83.2 Å². The lowest BCUT2D eigenvalue weighted by Crippen LogP contribution is -2.49. The third kappa shape index (κ3) is 3.57. The van der Waals surface area contributed by atoms with E-state index in [1.165, 1.54) is 83.8 Å². The molecule has 0 aromatic heterocycles. The predicted octanol–water partition coefficient (Wildman–Crippen LogP) is 3.81.